The van der Waals surface area contributed by atoms with Crippen LogP contribution in [0.5, 0.6) is 0 Å². The molecular weight excluding hydrogens is 334 g/mol. The summed E-state index contributed by atoms with van der Waals surface area (Å²) < 4.78 is 10.6. The van der Waals surface area contributed by atoms with Crippen molar-refractivity contribution in [3.63, 3.8) is 0 Å². The van der Waals surface area contributed by atoms with Gasteiger partial charge < -0.3 is 14.9 Å². The average Bonchev–Trinajstić information content (AvgIpc) is 2.63. The highest BCUT2D eigenvalue weighted by atomic mass is 16.5. The van der Waals surface area contributed by atoms with Crippen molar-refractivity contribution in [2.24, 2.45) is 5.73 Å². The molecule has 0 spiro atoms. The number of primary amides is 1. The number of fused-ring (bicyclic) bond motifs is 1. The van der Waals surface area contributed by atoms with Gasteiger partial charge in [0, 0.05) is 22.6 Å². The van der Waals surface area contributed by atoms with Gasteiger partial charge in [-0.05, 0) is 49.2 Å². The standard InChI is InChI=1S/C20H17NO5/c1-11-3-8-16-15(9-17(22)26-18(16)12(11)2)10-25-20(24)14-6-4-13(5-7-14)19(21)23/h3-9H,10H2,1-2H3,(H2,21,23). The lowest BCUT2D eigenvalue weighted by molar-refractivity contribution is 0.0473. The normalized spacial score (nSPS) is 10.7. The van der Waals surface area contributed by atoms with Crippen LogP contribution in [0.1, 0.15) is 37.4 Å². The summed E-state index contributed by atoms with van der Waals surface area (Å²) >= 11 is 0. The molecule has 0 aliphatic heterocycles. The van der Waals surface area contributed by atoms with Crippen LogP contribution in [0, 0.1) is 13.8 Å². The molecule has 3 aromatic rings. The van der Waals surface area contributed by atoms with E-state index in [1.807, 2.05) is 26.0 Å². The fourth-order valence-electron chi connectivity index (χ4n) is 2.64. The van der Waals surface area contributed by atoms with Gasteiger partial charge in [-0.1, -0.05) is 12.1 Å². The minimum atomic E-state index is -0.571. The van der Waals surface area contributed by atoms with Gasteiger partial charge in [-0.3, -0.25) is 4.79 Å². The highest BCUT2D eigenvalue weighted by molar-refractivity contribution is 5.95. The molecule has 0 atom stereocenters. The summed E-state index contributed by atoms with van der Waals surface area (Å²) in [5.41, 5.74) is 8.20. The first-order valence-corrected chi connectivity index (χ1v) is 7.97. The quantitative estimate of drug-likeness (QED) is 0.575. The van der Waals surface area contributed by atoms with Crippen LogP contribution < -0.4 is 11.4 Å². The number of benzene rings is 2. The number of amides is 1. The molecule has 3 rings (SSSR count). The van der Waals surface area contributed by atoms with Gasteiger partial charge in [0.1, 0.15) is 12.2 Å². The summed E-state index contributed by atoms with van der Waals surface area (Å²) in [6, 6.07) is 10.9. The van der Waals surface area contributed by atoms with Gasteiger partial charge in [0.2, 0.25) is 5.91 Å². The molecule has 0 saturated carbocycles. The number of ether oxygens (including phenoxy) is 1. The molecule has 1 amide bonds. The van der Waals surface area contributed by atoms with E-state index >= 15 is 0 Å². The second-order valence-electron chi connectivity index (χ2n) is 5.99. The van der Waals surface area contributed by atoms with Gasteiger partial charge in [0.05, 0.1) is 5.56 Å². The van der Waals surface area contributed by atoms with E-state index in [2.05, 4.69) is 0 Å². The minimum absolute atomic E-state index is 0.0684. The van der Waals surface area contributed by atoms with E-state index in [1.54, 1.807) is 0 Å². The number of hydrogen-bond acceptors (Lipinski definition) is 5. The zero-order chi connectivity index (χ0) is 18.8. The van der Waals surface area contributed by atoms with Gasteiger partial charge >= 0.3 is 11.6 Å². The van der Waals surface area contributed by atoms with Crippen molar-refractivity contribution in [1.82, 2.24) is 0 Å². The lowest BCUT2D eigenvalue weighted by atomic mass is 10.0. The first-order chi connectivity index (χ1) is 12.4. The third kappa shape index (κ3) is 3.35. The van der Waals surface area contributed by atoms with E-state index in [9.17, 15) is 14.4 Å². The van der Waals surface area contributed by atoms with Crippen molar-refractivity contribution in [3.8, 4) is 0 Å². The van der Waals surface area contributed by atoms with E-state index < -0.39 is 17.5 Å². The average molecular weight is 351 g/mol. The number of hydrogen-bond donors (Lipinski definition) is 1. The molecule has 0 fully saturated rings. The SMILES string of the molecule is Cc1ccc2c(COC(=O)c3ccc(C(N)=O)cc3)cc(=O)oc2c1C. The van der Waals surface area contributed by atoms with E-state index in [1.165, 1.54) is 30.3 Å². The van der Waals surface area contributed by atoms with Crippen LogP contribution >= 0.6 is 0 Å². The van der Waals surface area contributed by atoms with Crippen LogP contribution in [0.4, 0.5) is 0 Å². The molecule has 0 bridgehead atoms. The Balaban J connectivity index is 1.85. The van der Waals surface area contributed by atoms with Crippen molar-refractivity contribution >= 4 is 22.8 Å². The van der Waals surface area contributed by atoms with E-state index in [-0.39, 0.29) is 12.2 Å². The Kier molecular flexibility index (Phi) is 4.58. The van der Waals surface area contributed by atoms with Crippen molar-refractivity contribution in [3.05, 3.63) is 80.7 Å². The molecule has 132 valence electrons. The van der Waals surface area contributed by atoms with Crippen molar-refractivity contribution in [1.29, 1.82) is 0 Å². The van der Waals surface area contributed by atoms with Gasteiger partial charge in [-0.15, -0.1) is 0 Å². The second-order valence-corrected chi connectivity index (χ2v) is 5.99. The van der Waals surface area contributed by atoms with E-state index in [0.29, 0.717) is 16.7 Å². The predicted molar refractivity (Wildman–Crippen MR) is 96.0 cm³/mol. The molecular formula is C20H17NO5. The molecule has 2 N–H and O–H groups in total. The van der Waals surface area contributed by atoms with E-state index in [4.69, 9.17) is 14.9 Å². The molecule has 0 unspecified atom stereocenters. The number of aryl methyl sites for hydroxylation is 2. The summed E-state index contributed by atoms with van der Waals surface area (Å²) in [6.07, 6.45) is 0. The summed E-state index contributed by atoms with van der Waals surface area (Å²) in [5, 5.41) is 0.726. The molecule has 2 aromatic carbocycles. The number of carbonyl (C=O) groups is 2. The Labute approximate surface area is 149 Å². The first-order valence-electron chi connectivity index (χ1n) is 7.97. The molecule has 6 nitrogen and oxygen atoms in total. The number of nitrogens with two attached hydrogens (primary N) is 1. The lowest BCUT2D eigenvalue weighted by Gasteiger charge is -2.10. The van der Waals surface area contributed by atoms with Gasteiger partial charge in [-0.2, -0.15) is 0 Å². The smallest absolute Gasteiger partial charge is 0.338 e. The highest BCUT2D eigenvalue weighted by Crippen LogP contribution is 2.24. The highest BCUT2D eigenvalue weighted by Gasteiger charge is 2.13. The molecule has 6 heteroatoms. The fraction of sp³-hybridized carbons (Fsp3) is 0.150. The fourth-order valence-corrected chi connectivity index (χ4v) is 2.64. The number of esters is 1. The molecule has 1 aromatic heterocycles. The Morgan fingerprint density at radius 2 is 1.69 bits per heavy atom. The monoisotopic (exact) mass is 351 g/mol. The Morgan fingerprint density at radius 1 is 1.04 bits per heavy atom. The lowest BCUT2D eigenvalue weighted by Crippen LogP contribution is -2.12. The molecule has 0 radical (unpaired) electrons. The van der Waals surface area contributed by atoms with Crippen LogP contribution in [0.3, 0.4) is 0 Å². The topological polar surface area (TPSA) is 99.6 Å². The number of carbonyl (C=O) groups excluding carboxylic acids is 2. The van der Waals surface area contributed by atoms with Crippen molar-refractivity contribution in [2.45, 2.75) is 20.5 Å². The summed E-state index contributed by atoms with van der Waals surface area (Å²) in [6.45, 7) is 3.73. The van der Waals surface area contributed by atoms with Crippen LogP contribution in [0.15, 0.2) is 51.7 Å². The Hall–Kier alpha value is -3.41. The maximum atomic E-state index is 12.2. The van der Waals surface area contributed by atoms with Gasteiger partial charge in [-0.25, -0.2) is 9.59 Å². The summed E-state index contributed by atoms with van der Waals surface area (Å²) in [5.74, 6) is -1.13. The first kappa shape index (κ1) is 17.4. The molecule has 1 heterocycles. The Morgan fingerprint density at radius 3 is 2.35 bits per heavy atom. The maximum absolute atomic E-state index is 12.2. The van der Waals surface area contributed by atoms with E-state index in [0.717, 1.165) is 16.5 Å². The second kappa shape index (κ2) is 6.84. The van der Waals surface area contributed by atoms with Crippen molar-refractivity contribution in [2.75, 3.05) is 0 Å². The summed E-state index contributed by atoms with van der Waals surface area (Å²) in [7, 11) is 0. The van der Waals surface area contributed by atoms with Crippen LogP contribution in [0.2, 0.25) is 0 Å². The maximum Gasteiger partial charge on any atom is 0.338 e. The molecule has 0 aliphatic carbocycles. The number of rotatable bonds is 4. The molecule has 26 heavy (non-hydrogen) atoms. The van der Waals surface area contributed by atoms with Crippen LogP contribution in [-0.2, 0) is 11.3 Å². The zero-order valence-corrected chi connectivity index (χ0v) is 14.4. The molecule has 0 saturated heterocycles. The van der Waals surface area contributed by atoms with Crippen LogP contribution in [0.25, 0.3) is 11.0 Å². The van der Waals surface area contributed by atoms with Gasteiger partial charge in [0.15, 0.2) is 0 Å². The Bertz CT molecular complexity index is 1060. The third-order valence-electron chi connectivity index (χ3n) is 4.28. The summed E-state index contributed by atoms with van der Waals surface area (Å²) in [4.78, 5) is 35.1. The van der Waals surface area contributed by atoms with Crippen molar-refractivity contribution < 1.29 is 18.7 Å². The minimum Gasteiger partial charge on any atom is -0.457 e. The predicted octanol–water partition coefficient (Wildman–Crippen LogP) is 2.87. The molecule has 0 aliphatic rings. The zero-order valence-electron chi connectivity index (χ0n) is 14.4. The largest absolute Gasteiger partial charge is 0.457 e. The van der Waals surface area contributed by atoms with Gasteiger partial charge in [0.25, 0.3) is 0 Å². The third-order valence-corrected chi connectivity index (χ3v) is 4.28. The van der Waals surface area contributed by atoms with Crippen LogP contribution in [-0.4, -0.2) is 11.9 Å².